The third-order valence-electron chi connectivity index (χ3n) is 4.16. The Morgan fingerprint density at radius 3 is 2.46 bits per heavy atom. The predicted octanol–water partition coefficient (Wildman–Crippen LogP) is 4.23. The average molecular weight is 384 g/mol. The summed E-state index contributed by atoms with van der Waals surface area (Å²) in [4.78, 5) is 14.9. The van der Waals surface area contributed by atoms with E-state index in [4.69, 9.17) is 4.18 Å². The number of amides is 1. The highest BCUT2D eigenvalue weighted by atomic mass is 32.2. The quantitative estimate of drug-likeness (QED) is 0.537. The van der Waals surface area contributed by atoms with Gasteiger partial charge in [0.2, 0.25) is 5.91 Å². The molecule has 0 aliphatic heterocycles. The second kappa shape index (κ2) is 10.6. The third-order valence-corrected chi connectivity index (χ3v) is 4.66. The summed E-state index contributed by atoms with van der Waals surface area (Å²) < 4.78 is 27.6. The summed E-state index contributed by atoms with van der Waals surface area (Å²) in [7, 11) is -3.57. The van der Waals surface area contributed by atoms with Crippen molar-refractivity contribution < 1.29 is 17.4 Å². The van der Waals surface area contributed by atoms with Crippen LogP contribution in [0.15, 0.2) is 24.3 Å². The molecular formula is C20H33NO4S. The maximum atomic E-state index is 13.0. The fraction of sp³-hybridized carbons (Fsp3) is 0.650. The van der Waals surface area contributed by atoms with E-state index in [-0.39, 0.29) is 17.6 Å². The van der Waals surface area contributed by atoms with Crippen molar-refractivity contribution in [3.8, 4) is 5.75 Å². The predicted molar refractivity (Wildman–Crippen MR) is 105 cm³/mol. The number of nitrogens with zero attached hydrogens (tertiary/aromatic N) is 1. The summed E-state index contributed by atoms with van der Waals surface area (Å²) in [5.74, 6) is 0.867. The Balaban J connectivity index is 2.96. The van der Waals surface area contributed by atoms with Gasteiger partial charge in [-0.25, -0.2) is 0 Å². The van der Waals surface area contributed by atoms with E-state index in [1.54, 1.807) is 18.2 Å². The van der Waals surface area contributed by atoms with Crippen molar-refractivity contribution in [3.63, 3.8) is 0 Å². The monoisotopic (exact) mass is 383 g/mol. The SMILES string of the molecule is CCCCC(CC)C(=O)N(Cc1cccc(OS(C)(=O)=O)c1)CC(C)C. The van der Waals surface area contributed by atoms with Crippen LogP contribution in [0, 0.1) is 11.8 Å². The number of rotatable bonds is 11. The van der Waals surface area contributed by atoms with Gasteiger partial charge in [-0.05, 0) is 36.5 Å². The molecule has 0 saturated heterocycles. The van der Waals surface area contributed by atoms with Crippen LogP contribution >= 0.6 is 0 Å². The van der Waals surface area contributed by atoms with Crippen LogP contribution in [0.4, 0.5) is 0 Å². The first-order valence-electron chi connectivity index (χ1n) is 9.43. The number of unbranched alkanes of at least 4 members (excludes halogenated alkanes) is 1. The maximum Gasteiger partial charge on any atom is 0.306 e. The summed E-state index contributed by atoms with van der Waals surface area (Å²) in [5.41, 5.74) is 0.866. The highest BCUT2D eigenvalue weighted by Crippen LogP contribution is 2.21. The van der Waals surface area contributed by atoms with E-state index < -0.39 is 10.1 Å². The van der Waals surface area contributed by atoms with E-state index >= 15 is 0 Å². The molecule has 6 heteroatoms. The molecular weight excluding hydrogens is 350 g/mol. The van der Waals surface area contributed by atoms with E-state index in [9.17, 15) is 13.2 Å². The zero-order valence-corrected chi connectivity index (χ0v) is 17.5. The second-order valence-corrected chi connectivity index (χ2v) is 8.87. The fourth-order valence-corrected chi connectivity index (χ4v) is 3.43. The lowest BCUT2D eigenvalue weighted by molar-refractivity contribution is -0.137. The lowest BCUT2D eigenvalue weighted by Gasteiger charge is -2.29. The number of benzene rings is 1. The molecule has 148 valence electrons. The summed E-state index contributed by atoms with van der Waals surface area (Å²) in [6.07, 6.45) is 4.91. The largest absolute Gasteiger partial charge is 0.383 e. The van der Waals surface area contributed by atoms with Gasteiger partial charge in [-0.15, -0.1) is 0 Å². The van der Waals surface area contributed by atoms with Crippen molar-refractivity contribution in [2.75, 3.05) is 12.8 Å². The van der Waals surface area contributed by atoms with Crippen molar-refractivity contribution in [2.24, 2.45) is 11.8 Å². The molecule has 0 fully saturated rings. The molecule has 1 atom stereocenters. The van der Waals surface area contributed by atoms with Crippen molar-refractivity contribution in [2.45, 2.75) is 59.9 Å². The summed E-state index contributed by atoms with van der Waals surface area (Å²) >= 11 is 0. The first-order chi connectivity index (χ1) is 12.2. The molecule has 0 heterocycles. The van der Waals surface area contributed by atoms with Gasteiger partial charge in [0.15, 0.2) is 0 Å². The molecule has 1 aromatic rings. The van der Waals surface area contributed by atoms with Gasteiger partial charge in [-0.2, -0.15) is 8.42 Å². The minimum absolute atomic E-state index is 0.0455. The molecule has 0 aliphatic carbocycles. The van der Waals surface area contributed by atoms with E-state index in [0.29, 0.717) is 19.0 Å². The number of hydrogen-bond donors (Lipinski definition) is 0. The van der Waals surface area contributed by atoms with Crippen molar-refractivity contribution in [1.29, 1.82) is 0 Å². The molecule has 0 saturated carbocycles. The van der Waals surface area contributed by atoms with Crippen LogP contribution in [0.3, 0.4) is 0 Å². The van der Waals surface area contributed by atoms with Gasteiger partial charge in [0, 0.05) is 19.0 Å². The Kier molecular flexibility index (Phi) is 9.13. The van der Waals surface area contributed by atoms with Gasteiger partial charge in [-0.3, -0.25) is 4.79 Å². The van der Waals surface area contributed by atoms with Gasteiger partial charge >= 0.3 is 10.1 Å². The summed E-state index contributed by atoms with van der Waals surface area (Å²) in [6.45, 7) is 9.52. The Labute approximate surface area is 158 Å². The molecule has 1 aromatic carbocycles. The average Bonchev–Trinajstić information content (AvgIpc) is 2.53. The van der Waals surface area contributed by atoms with E-state index in [1.165, 1.54) is 0 Å². The molecule has 1 amide bonds. The normalized spacial score (nSPS) is 12.8. The zero-order valence-electron chi connectivity index (χ0n) is 16.7. The highest BCUT2D eigenvalue weighted by molar-refractivity contribution is 7.86. The van der Waals surface area contributed by atoms with Gasteiger partial charge in [0.25, 0.3) is 0 Å². The molecule has 1 rings (SSSR count). The lowest BCUT2D eigenvalue weighted by atomic mass is 9.97. The first kappa shape index (κ1) is 22.5. The molecule has 0 aliphatic rings. The zero-order chi connectivity index (χ0) is 19.7. The van der Waals surface area contributed by atoms with Gasteiger partial charge < -0.3 is 9.08 Å². The minimum atomic E-state index is -3.57. The Morgan fingerprint density at radius 1 is 1.23 bits per heavy atom. The molecule has 0 aromatic heterocycles. The minimum Gasteiger partial charge on any atom is -0.383 e. The van der Waals surface area contributed by atoms with Crippen LogP contribution in [0.1, 0.15) is 58.9 Å². The van der Waals surface area contributed by atoms with Crippen LogP contribution < -0.4 is 4.18 Å². The van der Waals surface area contributed by atoms with Crippen LogP contribution in [0.5, 0.6) is 5.75 Å². The third kappa shape index (κ3) is 8.21. The molecule has 0 radical (unpaired) electrons. The van der Waals surface area contributed by atoms with Crippen molar-refractivity contribution >= 4 is 16.0 Å². The van der Waals surface area contributed by atoms with E-state index in [0.717, 1.165) is 37.5 Å². The smallest absolute Gasteiger partial charge is 0.306 e. The topological polar surface area (TPSA) is 63.7 Å². The van der Waals surface area contributed by atoms with E-state index in [2.05, 4.69) is 27.7 Å². The van der Waals surface area contributed by atoms with E-state index in [1.807, 2.05) is 11.0 Å². The maximum absolute atomic E-state index is 13.0. The van der Waals surface area contributed by atoms with Crippen molar-refractivity contribution in [3.05, 3.63) is 29.8 Å². The Bertz CT molecular complexity index is 670. The van der Waals surface area contributed by atoms with Crippen LogP contribution in [-0.2, 0) is 21.5 Å². The molecule has 0 bridgehead atoms. The number of carbonyl (C=O) groups excluding carboxylic acids is 1. The second-order valence-electron chi connectivity index (χ2n) is 7.29. The Hall–Kier alpha value is -1.56. The van der Waals surface area contributed by atoms with Crippen molar-refractivity contribution in [1.82, 2.24) is 4.90 Å². The van der Waals surface area contributed by atoms with Crippen LogP contribution in [0.2, 0.25) is 0 Å². The number of carbonyl (C=O) groups is 1. The molecule has 0 N–H and O–H groups in total. The highest BCUT2D eigenvalue weighted by Gasteiger charge is 2.23. The Morgan fingerprint density at radius 2 is 1.92 bits per heavy atom. The van der Waals surface area contributed by atoms with Crippen LogP contribution in [-0.4, -0.2) is 32.0 Å². The molecule has 0 spiro atoms. The molecule has 1 unspecified atom stereocenters. The van der Waals surface area contributed by atoms with Gasteiger partial charge in [-0.1, -0.05) is 52.7 Å². The lowest BCUT2D eigenvalue weighted by Crippen LogP contribution is -2.38. The summed E-state index contributed by atoms with van der Waals surface area (Å²) in [5, 5.41) is 0. The molecule has 5 nitrogen and oxygen atoms in total. The molecule has 26 heavy (non-hydrogen) atoms. The standard InChI is InChI=1S/C20H33NO4S/c1-6-8-11-18(7-2)20(22)21(14-16(3)4)15-17-10-9-12-19(13-17)25-26(5,23)24/h9-10,12-13,16,18H,6-8,11,14-15H2,1-5H3. The number of hydrogen-bond acceptors (Lipinski definition) is 4. The fourth-order valence-electron chi connectivity index (χ4n) is 2.98. The van der Waals surface area contributed by atoms with Gasteiger partial charge in [0.05, 0.1) is 6.26 Å². The van der Waals surface area contributed by atoms with Crippen LogP contribution in [0.25, 0.3) is 0 Å². The summed E-state index contributed by atoms with van der Waals surface area (Å²) in [6, 6.07) is 6.94. The first-order valence-corrected chi connectivity index (χ1v) is 11.2. The van der Waals surface area contributed by atoms with Gasteiger partial charge in [0.1, 0.15) is 5.75 Å².